The third-order valence-corrected chi connectivity index (χ3v) is 5.60. The molecule has 0 aromatic heterocycles. The SMILES string of the molecule is O=C(C1CCCCCCC1)N1CCCC1C1CCCN1. The Balaban J connectivity index is 1.61. The molecule has 3 aliphatic rings. The Morgan fingerprint density at radius 2 is 1.60 bits per heavy atom. The van der Waals surface area contributed by atoms with E-state index < -0.39 is 0 Å². The molecule has 2 saturated heterocycles. The highest BCUT2D eigenvalue weighted by Crippen LogP contribution is 2.30. The average molecular weight is 278 g/mol. The normalized spacial score (nSPS) is 33.1. The van der Waals surface area contributed by atoms with Crippen molar-refractivity contribution in [2.75, 3.05) is 13.1 Å². The molecule has 2 heterocycles. The monoisotopic (exact) mass is 278 g/mol. The Bertz CT molecular complexity index is 317. The van der Waals surface area contributed by atoms with Crippen molar-refractivity contribution in [1.82, 2.24) is 10.2 Å². The molecule has 114 valence electrons. The van der Waals surface area contributed by atoms with Gasteiger partial charge in [0.15, 0.2) is 0 Å². The van der Waals surface area contributed by atoms with E-state index in [1.165, 1.54) is 57.8 Å². The molecule has 1 N–H and O–H groups in total. The molecule has 3 fully saturated rings. The number of carbonyl (C=O) groups is 1. The van der Waals surface area contributed by atoms with Crippen LogP contribution in [0.25, 0.3) is 0 Å². The number of hydrogen-bond acceptors (Lipinski definition) is 2. The highest BCUT2D eigenvalue weighted by molar-refractivity contribution is 5.79. The molecule has 2 aliphatic heterocycles. The first-order valence-electron chi connectivity index (χ1n) is 8.90. The summed E-state index contributed by atoms with van der Waals surface area (Å²) in [5.41, 5.74) is 0. The fraction of sp³-hybridized carbons (Fsp3) is 0.941. The number of hydrogen-bond donors (Lipinski definition) is 1. The molecule has 1 amide bonds. The Hall–Kier alpha value is -0.570. The van der Waals surface area contributed by atoms with Crippen LogP contribution in [0.15, 0.2) is 0 Å². The van der Waals surface area contributed by atoms with E-state index in [4.69, 9.17) is 0 Å². The molecule has 2 atom stereocenters. The second-order valence-corrected chi connectivity index (χ2v) is 6.99. The Morgan fingerprint density at radius 3 is 2.30 bits per heavy atom. The van der Waals surface area contributed by atoms with Gasteiger partial charge in [0.2, 0.25) is 5.91 Å². The van der Waals surface area contributed by atoms with Crippen LogP contribution in [-0.4, -0.2) is 36.0 Å². The molecule has 2 unspecified atom stereocenters. The molecule has 3 rings (SSSR count). The largest absolute Gasteiger partial charge is 0.338 e. The van der Waals surface area contributed by atoms with Gasteiger partial charge < -0.3 is 10.2 Å². The molecule has 0 aromatic carbocycles. The van der Waals surface area contributed by atoms with Crippen LogP contribution in [0.5, 0.6) is 0 Å². The average Bonchev–Trinajstić information content (AvgIpc) is 3.08. The molecule has 0 radical (unpaired) electrons. The zero-order chi connectivity index (χ0) is 13.8. The topological polar surface area (TPSA) is 32.3 Å². The summed E-state index contributed by atoms with van der Waals surface area (Å²) in [6.45, 7) is 2.16. The van der Waals surface area contributed by atoms with Crippen molar-refractivity contribution in [2.45, 2.75) is 82.7 Å². The lowest BCUT2D eigenvalue weighted by atomic mass is 9.89. The fourth-order valence-electron chi connectivity index (χ4n) is 4.46. The number of likely N-dealkylation sites (tertiary alicyclic amines) is 1. The van der Waals surface area contributed by atoms with Crippen molar-refractivity contribution >= 4 is 5.91 Å². The third-order valence-electron chi connectivity index (χ3n) is 5.60. The van der Waals surface area contributed by atoms with Crippen LogP contribution < -0.4 is 5.32 Å². The van der Waals surface area contributed by atoms with Crippen LogP contribution in [0.3, 0.4) is 0 Å². The highest BCUT2D eigenvalue weighted by atomic mass is 16.2. The van der Waals surface area contributed by atoms with E-state index in [1.54, 1.807) is 0 Å². The van der Waals surface area contributed by atoms with Gasteiger partial charge in [-0.3, -0.25) is 4.79 Å². The quantitative estimate of drug-likeness (QED) is 0.842. The zero-order valence-electron chi connectivity index (χ0n) is 12.8. The van der Waals surface area contributed by atoms with Gasteiger partial charge in [0.25, 0.3) is 0 Å². The minimum atomic E-state index is 0.331. The highest BCUT2D eigenvalue weighted by Gasteiger charge is 2.37. The molecule has 0 spiro atoms. The maximum Gasteiger partial charge on any atom is 0.225 e. The van der Waals surface area contributed by atoms with Gasteiger partial charge in [0.05, 0.1) is 0 Å². The summed E-state index contributed by atoms with van der Waals surface area (Å²) in [6.07, 6.45) is 13.8. The Labute approximate surface area is 123 Å². The van der Waals surface area contributed by atoms with Gasteiger partial charge >= 0.3 is 0 Å². The minimum absolute atomic E-state index is 0.331. The summed E-state index contributed by atoms with van der Waals surface area (Å²) in [5.74, 6) is 0.820. The van der Waals surface area contributed by atoms with Gasteiger partial charge in [-0.2, -0.15) is 0 Å². The Morgan fingerprint density at radius 1 is 0.850 bits per heavy atom. The Kier molecular flexibility index (Phi) is 4.98. The van der Waals surface area contributed by atoms with E-state index in [0.29, 0.717) is 23.9 Å². The lowest BCUT2D eigenvalue weighted by Gasteiger charge is -2.33. The van der Waals surface area contributed by atoms with Crippen molar-refractivity contribution < 1.29 is 4.79 Å². The van der Waals surface area contributed by atoms with Crippen molar-refractivity contribution in [1.29, 1.82) is 0 Å². The predicted molar refractivity (Wildman–Crippen MR) is 81.6 cm³/mol. The maximum absolute atomic E-state index is 12.9. The van der Waals surface area contributed by atoms with E-state index in [0.717, 1.165) is 25.9 Å². The standard InChI is InChI=1S/C17H30N2O/c20-17(14-8-4-2-1-3-5-9-14)19-13-7-11-16(19)15-10-6-12-18-15/h14-16,18H,1-13H2. The molecule has 0 bridgehead atoms. The second-order valence-electron chi connectivity index (χ2n) is 6.99. The van der Waals surface area contributed by atoms with E-state index in [1.807, 2.05) is 0 Å². The fourth-order valence-corrected chi connectivity index (χ4v) is 4.46. The summed E-state index contributed by atoms with van der Waals surface area (Å²) in [4.78, 5) is 15.2. The van der Waals surface area contributed by atoms with Crippen LogP contribution in [0, 0.1) is 5.92 Å². The van der Waals surface area contributed by atoms with Crippen LogP contribution in [0.1, 0.15) is 70.6 Å². The summed E-state index contributed by atoms with van der Waals surface area (Å²) in [7, 11) is 0. The summed E-state index contributed by atoms with van der Waals surface area (Å²) < 4.78 is 0. The molecule has 20 heavy (non-hydrogen) atoms. The first-order chi connectivity index (χ1) is 9.86. The lowest BCUT2D eigenvalue weighted by molar-refractivity contribution is -0.137. The van der Waals surface area contributed by atoms with Crippen molar-refractivity contribution in [3.63, 3.8) is 0 Å². The van der Waals surface area contributed by atoms with E-state index in [9.17, 15) is 4.79 Å². The molecule has 0 aromatic rings. The van der Waals surface area contributed by atoms with Crippen molar-refractivity contribution in [3.8, 4) is 0 Å². The molecular weight excluding hydrogens is 248 g/mol. The van der Waals surface area contributed by atoms with E-state index >= 15 is 0 Å². The van der Waals surface area contributed by atoms with Gasteiger partial charge in [-0.1, -0.05) is 32.1 Å². The lowest BCUT2D eigenvalue weighted by Crippen LogP contribution is -2.48. The van der Waals surface area contributed by atoms with Crippen LogP contribution in [0.4, 0.5) is 0 Å². The molecule has 1 aliphatic carbocycles. The number of amides is 1. The number of nitrogens with zero attached hydrogens (tertiary/aromatic N) is 1. The van der Waals surface area contributed by atoms with Gasteiger partial charge in [0, 0.05) is 24.5 Å². The van der Waals surface area contributed by atoms with Gasteiger partial charge in [-0.15, -0.1) is 0 Å². The second kappa shape index (κ2) is 6.93. The summed E-state index contributed by atoms with van der Waals surface area (Å²) >= 11 is 0. The zero-order valence-corrected chi connectivity index (χ0v) is 12.8. The van der Waals surface area contributed by atoms with Gasteiger partial charge in [-0.05, 0) is 45.1 Å². The number of rotatable bonds is 2. The molecule has 3 nitrogen and oxygen atoms in total. The first kappa shape index (κ1) is 14.4. The minimum Gasteiger partial charge on any atom is -0.338 e. The van der Waals surface area contributed by atoms with Crippen molar-refractivity contribution in [3.05, 3.63) is 0 Å². The number of nitrogens with one attached hydrogen (secondary N) is 1. The van der Waals surface area contributed by atoms with Crippen LogP contribution in [0.2, 0.25) is 0 Å². The van der Waals surface area contributed by atoms with Crippen LogP contribution >= 0.6 is 0 Å². The van der Waals surface area contributed by atoms with E-state index in [-0.39, 0.29) is 0 Å². The smallest absolute Gasteiger partial charge is 0.225 e. The molecular formula is C17H30N2O. The molecule has 1 saturated carbocycles. The van der Waals surface area contributed by atoms with Gasteiger partial charge in [0.1, 0.15) is 0 Å². The summed E-state index contributed by atoms with van der Waals surface area (Å²) in [6, 6.07) is 1.07. The van der Waals surface area contributed by atoms with Crippen molar-refractivity contribution in [2.24, 2.45) is 5.92 Å². The van der Waals surface area contributed by atoms with E-state index in [2.05, 4.69) is 10.2 Å². The molecule has 3 heteroatoms. The first-order valence-corrected chi connectivity index (χ1v) is 8.90. The third kappa shape index (κ3) is 3.19. The van der Waals surface area contributed by atoms with Crippen LogP contribution in [-0.2, 0) is 4.79 Å². The van der Waals surface area contributed by atoms with Gasteiger partial charge in [-0.25, -0.2) is 0 Å². The number of carbonyl (C=O) groups excluding carboxylic acids is 1. The predicted octanol–water partition coefficient (Wildman–Crippen LogP) is 3.09. The summed E-state index contributed by atoms with van der Waals surface area (Å²) in [5, 5.41) is 3.61. The maximum atomic E-state index is 12.9.